The number of aryl methyl sites for hydroxylation is 1. The summed E-state index contributed by atoms with van der Waals surface area (Å²) in [5, 5.41) is 3.33. The number of carbonyl (C=O) groups excluding carboxylic acids is 2. The van der Waals surface area contributed by atoms with Crippen molar-refractivity contribution < 1.29 is 18.0 Å². The number of rotatable bonds is 13. The lowest BCUT2D eigenvalue weighted by Crippen LogP contribution is -2.52. The number of unbranched alkanes of at least 4 members (excludes halogenated alkanes) is 1. The zero-order valence-corrected chi connectivity index (χ0v) is 25.3. The molecule has 1 unspecified atom stereocenters. The molecule has 0 saturated carbocycles. The normalized spacial score (nSPS) is 12.0. The molecule has 3 aromatic rings. The number of benzene rings is 3. The summed E-state index contributed by atoms with van der Waals surface area (Å²) in [7, 11) is -4.21. The maximum atomic E-state index is 14.1. The molecule has 214 valence electrons. The van der Waals surface area contributed by atoms with Gasteiger partial charge in [-0.2, -0.15) is 0 Å². The molecule has 7 nitrogen and oxygen atoms in total. The molecule has 1 atom stereocenters. The number of hydrogen-bond acceptors (Lipinski definition) is 4. The van der Waals surface area contributed by atoms with Gasteiger partial charge in [0.1, 0.15) is 12.6 Å². The topological polar surface area (TPSA) is 86.8 Å². The van der Waals surface area contributed by atoms with Gasteiger partial charge in [-0.05, 0) is 55.7 Å². The van der Waals surface area contributed by atoms with Crippen LogP contribution in [0.3, 0.4) is 0 Å². The number of amides is 2. The third-order valence-corrected chi connectivity index (χ3v) is 8.79. The minimum absolute atomic E-state index is 0.00301. The summed E-state index contributed by atoms with van der Waals surface area (Å²) < 4.78 is 28.7. The summed E-state index contributed by atoms with van der Waals surface area (Å²) in [6.45, 7) is 5.88. The highest BCUT2D eigenvalue weighted by atomic mass is 35.5. The number of halogens is 2. The van der Waals surface area contributed by atoms with Crippen LogP contribution in [-0.2, 0) is 26.2 Å². The van der Waals surface area contributed by atoms with E-state index in [1.807, 2.05) is 45.0 Å². The summed E-state index contributed by atoms with van der Waals surface area (Å²) >= 11 is 12.5. The Labute approximate surface area is 247 Å². The average molecular weight is 605 g/mol. The highest BCUT2D eigenvalue weighted by Gasteiger charge is 2.34. The van der Waals surface area contributed by atoms with Gasteiger partial charge in [-0.15, -0.1) is 0 Å². The van der Waals surface area contributed by atoms with Crippen molar-refractivity contribution in [3.63, 3.8) is 0 Å². The van der Waals surface area contributed by atoms with Crippen molar-refractivity contribution in [1.82, 2.24) is 10.2 Å². The van der Waals surface area contributed by atoms with Crippen LogP contribution in [0.25, 0.3) is 0 Å². The highest BCUT2D eigenvalue weighted by molar-refractivity contribution is 7.92. The van der Waals surface area contributed by atoms with E-state index in [1.165, 1.54) is 35.2 Å². The SMILES string of the molecule is CCCCNC(=O)C(CC)N(Cc1ccc(C)cc1)C(=O)CN(c1ccc(Cl)cc1Cl)S(=O)(=O)c1ccccc1. The van der Waals surface area contributed by atoms with Gasteiger partial charge >= 0.3 is 0 Å². The van der Waals surface area contributed by atoms with Crippen LogP contribution in [0.15, 0.2) is 77.7 Å². The molecule has 1 N–H and O–H groups in total. The Hall–Kier alpha value is -3.07. The molecule has 3 aromatic carbocycles. The molecule has 0 heterocycles. The van der Waals surface area contributed by atoms with Gasteiger partial charge in [0.2, 0.25) is 11.8 Å². The summed E-state index contributed by atoms with van der Waals surface area (Å²) in [4.78, 5) is 28.7. The van der Waals surface area contributed by atoms with Gasteiger partial charge in [-0.25, -0.2) is 8.42 Å². The molecule has 0 aliphatic rings. The van der Waals surface area contributed by atoms with Gasteiger partial charge in [0, 0.05) is 18.1 Å². The third kappa shape index (κ3) is 7.99. The lowest BCUT2D eigenvalue weighted by atomic mass is 10.1. The zero-order chi connectivity index (χ0) is 29.3. The first-order valence-electron chi connectivity index (χ1n) is 13.2. The molecule has 0 aliphatic carbocycles. The Morgan fingerprint density at radius 2 is 1.62 bits per heavy atom. The van der Waals surface area contributed by atoms with E-state index >= 15 is 0 Å². The van der Waals surface area contributed by atoms with Gasteiger partial charge in [-0.3, -0.25) is 13.9 Å². The number of nitrogens with one attached hydrogen (secondary N) is 1. The molecular formula is C30H35Cl2N3O4S. The molecule has 40 heavy (non-hydrogen) atoms. The number of nitrogens with zero attached hydrogens (tertiary/aromatic N) is 2. The fourth-order valence-electron chi connectivity index (χ4n) is 4.23. The van der Waals surface area contributed by atoms with E-state index in [1.54, 1.807) is 18.2 Å². The molecule has 0 aliphatic heterocycles. The Morgan fingerprint density at radius 1 is 0.950 bits per heavy atom. The van der Waals surface area contributed by atoms with E-state index in [9.17, 15) is 18.0 Å². The van der Waals surface area contributed by atoms with Gasteiger partial charge in [-0.1, -0.05) is 91.5 Å². The fourth-order valence-corrected chi connectivity index (χ4v) is 6.25. The van der Waals surface area contributed by atoms with Crippen molar-refractivity contribution in [2.45, 2.75) is 57.5 Å². The van der Waals surface area contributed by atoms with Gasteiger partial charge in [0.25, 0.3) is 10.0 Å². The largest absolute Gasteiger partial charge is 0.354 e. The molecule has 2 amide bonds. The first-order valence-corrected chi connectivity index (χ1v) is 15.4. The molecule has 0 fully saturated rings. The van der Waals surface area contributed by atoms with Crippen LogP contribution in [0, 0.1) is 6.92 Å². The summed E-state index contributed by atoms with van der Waals surface area (Å²) in [5.74, 6) is -0.818. The first-order chi connectivity index (χ1) is 19.1. The second kappa shape index (κ2) is 14.5. The first kappa shape index (κ1) is 31.5. The maximum Gasteiger partial charge on any atom is 0.264 e. The molecule has 0 spiro atoms. The van der Waals surface area contributed by atoms with Crippen LogP contribution >= 0.6 is 23.2 Å². The Morgan fingerprint density at radius 3 is 2.23 bits per heavy atom. The van der Waals surface area contributed by atoms with Crippen molar-refractivity contribution >= 4 is 50.7 Å². The van der Waals surface area contributed by atoms with Gasteiger partial charge in [0.05, 0.1) is 15.6 Å². The van der Waals surface area contributed by atoms with Crippen LogP contribution in [-0.4, -0.2) is 44.3 Å². The molecule has 0 bridgehead atoms. The molecule has 3 rings (SSSR count). The van der Waals surface area contributed by atoms with Crippen molar-refractivity contribution in [2.24, 2.45) is 0 Å². The van der Waals surface area contributed by atoms with E-state index in [4.69, 9.17) is 23.2 Å². The average Bonchev–Trinajstić information content (AvgIpc) is 2.93. The summed E-state index contributed by atoms with van der Waals surface area (Å²) in [5.41, 5.74) is 1.99. The predicted molar refractivity (Wildman–Crippen MR) is 161 cm³/mol. The van der Waals surface area contributed by atoms with Crippen LogP contribution in [0.5, 0.6) is 0 Å². The van der Waals surface area contributed by atoms with Crippen molar-refractivity contribution in [3.05, 3.63) is 94.0 Å². The summed E-state index contributed by atoms with van der Waals surface area (Å²) in [6, 6.07) is 19.1. The van der Waals surface area contributed by atoms with Crippen LogP contribution in [0.4, 0.5) is 5.69 Å². The second-order valence-electron chi connectivity index (χ2n) is 9.50. The molecule has 0 saturated heterocycles. The number of hydrogen-bond donors (Lipinski definition) is 1. The number of carbonyl (C=O) groups is 2. The van der Waals surface area contributed by atoms with Crippen LogP contribution < -0.4 is 9.62 Å². The van der Waals surface area contributed by atoms with E-state index in [0.29, 0.717) is 18.0 Å². The lowest BCUT2D eigenvalue weighted by Gasteiger charge is -2.33. The fraction of sp³-hybridized carbons (Fsp3) is 0.333. The smallest absolute Gasteiger partial charge is 0.264 e. The van der Waals surface area contributed by atoms with E-state index in [-0.39, 0.29) is 28.1 Å². The summed E-state index contributed by atoms with van der Waals surface area (Å²) in [6.07, 6.45) is 2.08. The Bertz CT molecular complexity index is 1400. The number of anilines is 1. The Kier molecular flexibility index (Phi) is 11.4. The monoisotopic (exact) mass is 603 g/mol. The minimum atomic E-state index is -4.21. The lowest BCUT2D eigenvalue weighted by molar-refractivity contribution is -0.140. The number of sulfonamides is 1. The highest BCUT2D eigenvalue weighted by Crippen LogP contribution is 2.33. The standard InChI is InChI=1S/C30H35Cl2N3O4S/c1-4-6-18-33-30(37)27(5-2)34(20-23-14-12-22(3)13-15-23)29(36)21-35(28-17-16-24(31)19-26(28)32)40(38,39)25-10-8-7-9-11-25/h7-17,19,27H,4-6,18,20-21H2,1-3H3,(H,33,37). The van der Waals surface area contributed by atoms with Gasteiger partial charge < -0.3 is 10.2 Å². The maximum absolute atomic E-state index is 14.1. The second-order valence-corrected chi connectivity index (χ2v) is 12.2. The predicted octanol–water partition coefficient (Wildman–Crippen LogP) is 6.22. The van der Waals surface area contributed by atoms with Crippen molar-refractivity contribution in [1.29, 1.82) is 0 Å². The van der Waals surface area contributed by atoms with E-state index < -0.39 is 28.5 Å². The van der Waals surface area contributed by atoms with Crippen LogP contribution in [0.2, 0.25) is 10.0 Å². The van der Waals surface area contributed by atoms with Crippen molar-refractivity contribution in [3.8, 4) is 0 Å². The van der Waals surface area contributed by atoms with Crippen molar-refractivity contribution in [2.75, 3.05) is 17.4 Å². The molecule has 0 aromatic heterocycles. The minimum Gasteiger partial charge on any atom is -0.354 e. The zero-order valence-electron chi connectivity index (χ0n) is 22.9. The van der Waals surface area contributed by atoms with Crippen LogP contribution in [0.1, 0.15) is 44.2 Å². The quantitative estimate of drug-likeness (QED) is 0.235. The van der Waals surface area contributed by atoms with E-state index in [2.05, 4.69) is 5.32 Å². The molecular weight excluding hydrogens is 569 g/mol. The molecule has 0 radical (unpaired) electrons. The van der Waals surface area contributed by atoms with Gasteiger partial charge in [0.15, 0.2) is 0 Å². The van der Waals surface area contributed by atoms with E-state index in [0.717, 1.165) is 28.3 Å². The Balaban J connectivity index is 2.05. The third-order valence-electron chi connectivity index (χ3n) is 6.48. The molecule has 10 heteroatoms.